The van der Waals surface area contributed by atoms with E-state index in [0.717, 1.165) is 42.8 Å². The molecule has 3 rings (SSSR count). The zero-order valence-corrected chi connectivity index (χ0v) is 12.7. The van der Waals surface area contributed by atoms with Gasteiger partial charge in [0.15, 0.2) is 11.5 Å². The summed E-state index contributed by atoms with van der Waals surface area (Å²) in [7, 11) is 1.43. The number of esters is 1. The smallest absolute Gasteiger partial charge is 0.316 e. The van der Waals surface area contributed by atoms with Gasteiger partial charge in [-0.15, -0.1) is 10.2 Å². The summed E-state index contributed by atoms with van der Waals surface area (Å²) in [4.78, 5) is 16.8. The number of aryl methyl sites for hydroxylation is 2. The maximum absolute atomic E-state index is 12.3. The maximum atomic E-state index is 12.3. The van der Waals surface area contributed by atoms with Crippen molar-refractivity contribution in [1.29, 1.82) is 0 Å². The second-order valence-corrected chi connectivity index (χ2v) is 5.74. The van der Waals surface area contributed by atoms with Crippen molar-refractivity contribution in [2.45, 2.75) is 45.4 Å². The van der Waals surface area contributed by atoms with Crippen molar-refractivity contribution in [3.63, 3.8) is 0 Å². The van der Waals surface area contributed by atoms with E-state index in [4.69, 9.17) is 4.74 Å². The Labute approximate surface area is 123 Å². The standard InChI is InChI=1S/C15H20N4O2/c1-9-8-12-17-18-14(19(12)10(2)16-9)13(15(20)21-3)11-6-4-5-7-11/h8,11,13H,4-7H2,1-3H3. The molecule has 0 aromatic carbocycles. The lowest BCUT2D eigenvalue weighted by molar-refractivity contribution is -0.144. The van der Waals surface area contributed by atoms with Crippen molar-refractivity contribution in [2.75, 3.05) is 7.11 Å². The number of ether oxygens (including phenoxy) is 1. The quantitative estimate of drug-likeness (QED) is 0.810. The van der Waals surface area contributed by atoms with Crippen molar-refractivity contribution in [1.82, 2.24) is 19.6 Å². The molecule has 2 heterocycles. The van der Waals surface area contributed by atoms with Crippen LogP contribution in [0.1, 0.15) is 48.9 Å². The average molecular weight is 288 g/mol. The van der Waals surface area contributed by atoms with Crippen molar-refractivity contribution >= 4 is 11.6 Å². The molecule has 6 nitrogen and oxygen atoms in total. The van der Waals surface area contributed by atoms with Gasteiger partial charge in [0.25, 0.3) is 0 Å². The molecule has 0 N–H and O–H groups in total. The Bertz CT molecular complexity index is 674. The molecule has 0 bridgehead atoms. The minimum absolute atomic E-state index is 0.226. The van der Waals surface area contributed by atoms with Gasteiger partial charge in [-0.25, -0.2) is 4.98 Å². The monoisotopic (exact) mass is 288 g/mol. The molecule has 2 aromatic rings. The molecule has 6 heteroatoms. The maximum Gasteiger partial charge on any atom is 0.316 e. The van der Waals surface area contributed by atoms with Gasteiger partial charge in [-0.2, -0.15) is 0 Å². The number of hydrogen-bond acceptors (Lipinski definition) is 5. The van der Waals surface area contributed by atoms with Gasteiger partial charge in [-0.3, -0.25) is 9.20 Å². The fraction of sp³-hybridized carbons (Fsp3) is 0.600. The van der Waals surface area contributed by atoms with E-state index in [1.54, 1.807) is 0 Å². The minimum Gasteiger partial charge on any atom is -0.468 e. The first-order chi connectivity index (χ1) is 10.1. The molecule has 1 atom stereocenters. The molecular formula is C15H20N4O2. The van der Waals surface area contributed by atoms with Crippen LogP contribution in [0.4, 0.5) is 0 Å². The van der Waals surface area contributed by atoms with E-state index in [-0.39, 0.29) is 17.8 Å². The predicted octanol–water partition coefficient (Wildman–Crippen LogP) is 2.19. The van der Waals surface area contributed by atoms with E-state index in [9.17, 15) is 4.79 Å². The Hall–Kier alpha value is -1.98. The first-order valence-corrected chi connectivity index (χ1v) is 7.39. The molecule has 0 radical (unpaired) electrons. The number of fused-ring (bicyclic) bond motifs is 1. The van der Waals surface area contributed by atoms with Crippen LogP contribution in [0.2, 0.25) is 0 Å². The number of carbonyl (C=O) groups excluding carboxylic acids is 1. The van der Waals surface area contributed by atoms with Gasteiger partial charge in [-0.05, 0) is 32.6 Å². The summed E-state index contributed by atoms with van der Waals surface area (Å²) < 4.78 is 6.90. The van der Waals surface area contributed by atoms with Crippen LogP contribution >= 0.6 is 0 Å². The molecule has 0 amide bonds. The summed E-state index contributed by atoms with van der Waals surface area (Å²) in [5.74, 6) is 1.17. The first-order valence-electron chi connectivity index (χ1n) is 7.39. The second-order valence-electron chi connectivity index (χ2n) is 5.74. The lowest BCUT2D eigenvalue weighted by atomic mass is 9.90. The highest BCUT2D eigenvalue weighted by molar-refractivity contribution is 5.77. The van der Waals surface area contributed by atoms with Gasteiger partial charge in [0, 0.05) is 11.8 Å². The van der Waals surface area contributed by atoms with Gasteiger partial charge in [0.1, 0.15) is 11.7 Å². The van der Waals surface area contributed by atoms with Crippen molar-refractivity contribution in [2.24, 2.45) is 5.92 Å². The normalized spacial score (nSPS) is 17.3. The molecule has 1 aliphatic rings. The largest absolute Gasteiger partial charge is 0.468 e. The van der Waals surface area contributed by atoms with Crippen LogP contribution in [-0.4, -0.2) is 32.7 Å². The molecule has 1 saturated carbocycles. The molecule has 112 valence electrons. The molecule has 1 fully saturated rings. The van der Waals surface area contributed by atoms with E-state index in [1.165, 1.54) is 7.11 Å². The van der Waals surface area contributed by atoms with Gasteiger partial charge in [-0.1, -0.05) is 12.8 Å². The second kappa shape index (κ2) is 5.42. The Morgan fingerprint density at radius 2 is 2.05 bits per heavy atom. The third-order valence-corrected chi connectivity index (χ3v) is 4.32. The van der Waals surface area contributed by atoms with Crippen LogP contribution in [0, 0.1) is 19.8 Å². The summed E-state index contributed by atoms with van der Waals surface area (Å²) in [5.41, 5.74) is 1.64. The highest BCUT2D eigenvalue weighted by atomic mass is 16.5. The van der Waals surface area contributed by atoms with E-state index in [2.05, 4.69) is 15.2 Å². The zero-order valence-electron chi connectivity index (χ0n) is 12.7. The van der Waals surface area contributed by atoms with Crippen LogP contribution in [0.5, 0.6) is 0 Å². The van der Waals surface area contributed by atoms with Gasteiger partial charge >= 0.3 is 5.97 Å². The summed E-state index contributed by atoms with van der Waals surface area (Å²) in [6, 6.07) is 1.88. The Morgan fingerprint density at radius 3 is 2.71 bits per heavy atom. The fourth-order valence-corrected chi connectivity index (χ4v) is 3.39. The third kappa shape index (κ3) is 2.39. The fourth-order valence-electron chi connectivity index (χ4n) is 3.39. The summed E-state index contributed by atoms with van der Waals surface area (Å²) >= 11 is 0. The van der Waals surface area contributed by atoms with Crippen LogP contribution in [0.25, 0.3) is 5.65 Å². The summed E-state index contributed by atoms with van der Waals surface area (Å²) in [5, 5.41) is 8.50. The van der Waals surface area contributed by atoms with Gasteiger partial charge in [0.05, 0.1) is 7.11 Å². The van der Waals surface area contributed by atoms with E-state index < -0.39 is 0 Å². The van der Waals surface area contributed by atoms with Crippen LogP contribution in [-0.2, 0) is 9.53 Å². The Balaban J connectivity index is 2.13. The van der Waals surface area contributed by atoms with Gasteiger partial charge < -0.3 is 4.74 Å². The number of aromatic nitrogens is 4. The third-order valence-electron chi connectivity index (χ3n) is 4.32. The Kier molecular flexibility index (Phi) is 3.61. The van der Waals surface area contributed by atoms with Crippen molar-refractivity contribution < 1.29 is 9.53 Å². The lowest BCUT2D eigenvalue weighted by Gasteiger charge is -2.19. The predicted molar refractivity (Wildman–Crippen MR) is 77.0 cm³/mol. The van der Waals surface area contributed by atoms with Crippen LogP contribution in [0.15, 0.2) is 6.07 Å². The zero-order chi connectivity index (χ0) is 15.0. The first kappa shape index (κ1) is 14.0. The Morgan fingerprint density at radius 1 is 1.33 bits per heavy atom. The number of hydrogen-bond donors (Lipinski definition) is 0. The molecule has 0 saturated heterocycles. The number of rotatable bonds is 3. The summed E-state index contributed by atoms with van der Waals surface area (Å²) in [6.07, 6.45) is 4.39. The van der Waals surface area contributed by atoms with Crippen LogP contribution < -0.4 is 0 Å². The lowest BCUT2D eigenvalue weighted by Crippen LogP contribution is -2.24. The molecule has 0 spiro atoms. The SMILES string of the molecule is COC(=O)C(c1nnc2cc(C)nc(C)n12)C1CCCC1. The number of nitrogens with zero attached hydrogens (tertiary/aromatic N) is 4. The van der Waals surface area contributed by atoms with Crippen molar-refractivity contribution in [3.8, 4) is 0 Å². The highest BCUT2D eigenvalue weighted by Crippen LogP contribution is 2.37. The highest BCUT2D eigenvalue weighted by Gasteiger charge is 2.36. The van der Waals surface area contributed by atoms with E-state index in [0.29, 0.717) is 5.82 Å². The number of methoxy groups -OCH3 is 1. The molecule has 0 aliphatic heterocycles. The average Bonchev–Trinajstić information content (AvgIpc) is 3.09. The summed E-state index contributed by atoms with van der Waals surface area (Å²) in [6.45, 7) is 3.84. The topological polar surface area (TPSA) is 69.4 Å². The van der Waals surface area contributed by atoms with E-state index in [1.807, 2.05) is 24.3 Å². The molecule has 2 aromatic heterocycles. The van der Waals surface area contributed by atoms with E-state index >= 15 is 0 Å². The molecule has 1 unspecified atom stereocenters. The van der Waals surface area contributed by atoms with Gasteiger partial charge in [0.2, 0.25) is 0 Å². The number of carbonyl (C=O) groups is 1. The molecular weight excluding hydrogens is 268 g/mol. The van der Waals surface area contributed by atoms with Crippen molar-refractivity contribution in [3.05, 3.63) is 23.4 Å². The van der Waals surface area contributed by atoms with Crippen LogP contribution in [0.3, 0.4) is 0 Å². The molecule has 1 aliphatic carbocycles. The minimum atomic E-state index is -0.351. The molecule has 21 heavy (non-hydrogen) atoms.